The van der Waals surface area contributed by atoms with Crippen LogP contribution in [-0.4, -0.2) is 35.1 Å². The van der Waals surface area contributed by atoms with Crippen LogP contribution in [0.1, 0.15) is 23.6 Å². The molecule has 2 rings (SSSR count). The topological polar surface area (TPSA) is 66.6 Å². The summed E-state index contributed by atoms with van der Waals surface area (Å²) in [6, 6.07) is 4.50. The maximum absolute atomic E-state index is 12.7. The lowest BCUT2D eigenvalue weighted by atomic mass is 10.0. The van der Waals surface area contributed by atoms with E-state index in [1.54, 1.807) is 11.0 Å². The Morgan fingerprint density at radius 1 is 1.45 bits per heavy atom. The van der Waals surface area contributed by atoms with Gasteiger partial charge >= 0.3 is 6.18 Å². The zero-order valence-corrected chi connectivity index (χ0v) is 10.6. The quantitative estimate of drug-likeness (QED) is 0.881. The largest absolute Gasteiger partial charge is 0.416 e. The fourth-order valence-electron chi connectivity index (χ4n) is 2.52. The number of nitrogens with two attached hydrogens (primary N) is 1. The molecule has 7 heteroatoms. The van der Waals surface area contributed by atoms with Crippen LogP contribution in [0.15, 0.2) is 24.3 Å². The zero-order chi connectivity index (χ0) is 14.9. The average Bonchev–Trinajstić information content (AvgIpc) is 2.68. The predicted molar refractivity (Wildman–Crippen MR) is 65.6 cm³/mol. The van der Waals surface area contributed by atoms with E-state index in [1.807, 2.05) is 0 Å². The molecule has 0 aliphatic carbocycles. The van der Waals surface area contributed by atoms with Crippen LogP contribution < -0.4 is 5.73 Å². The third kappa shape index (κ3) is 3.29. The molecule has 1 aromatic rings. The van der Waals surface area contributed by atoms with E-state index >= 15 is 0 Å². The van der Waals surface area contributed by atoms with Crippen molar-refractivity contribution in [1.29, 1.82) is 0 Å². The molecule has 1 fully saturated rings. The highest BCUT2D eigenvalue weighted by Crippen LogP contribution is 2.35. The number of hydrogen-bond acceptors (Lipinski definition) is 3. The number of likely N-dealkylation sites (tertiary alicyclic amines) is 1. The smallest absolute Gasteiger partial charge is 0.392 e. The standard InChI is InChI=1S/C13H15F3N2O2/c14-13(15,16)9-3-1-2-8(4-9)11-5-10(19)6-18(11)7-12(17)20/h1-4,10-11,19H,5-7H2,(H2,17,20)/t10-,11+/m0/s1. The number of alkyl halides is 3. The second kappa shape index (κ2) is 5.41. The minimum Gasteiger partial charge on any atom is -0.392 e. The van der Waals surface area contributed by atoms with Crippen LogP contribution >= 0.6 is 0 Å². The fraction of sp³-hybridized carbons (Fsp3) is 0.462. The third-order valence-corrected chi connectivity index (χ3v) is 3.34. The number of carbonyl (C=O) groups is 1. The van der Waals surface area contributed by atoms with E-state index in [0.717, 1.165) is 12.1 Å². The molecule has 0 spiro atoms. The molecule has 0 radical (unpaired) electrons. The SMILES string of the molecule is NC(=O)CN1C[C@@H](O)C[C@@H]1c1cccc(C(F)(F)F)c1. The minimum absolute atomic E-state index is 0.0853. The van der Waals surface area contributed by atoms with Crippen LogP contribution in [-0.2, 0) is 11.0 Å². The highest BCUT2D eigenvalue weighted by atomic mass is 19.4. The number of aliphatic hydroxyl groups is 1. The van der Waals surface area contributed by atoms with Crippen molar-refractivity contribution < 1.29 is 23.1 Å². The first-order valence-corrected chi connectivity index (χ1v) is 6.15. The summed E-state index contributed by atoms with van der Waals surface area (Å²) in [5, 5.41) is 9.66. The molecular weight excluding hydrogens is 273 g/mol. The lowest BCUT2D eigenvalue weighted by Gasteiger charge is -2.23. The van der Waals surface area contributed by atoms with Crippen molar-refractivity contribution in [3.8, 4) is 0 Å². The van der Waals surface area contributed by atoms with Gasteiger partial charge in [0.15, 0.2) is 0 Å². The van der Waals surface area contributed by atoms with Crippen molar-refractivity contribution >= 4 is 5.91 Å². The number of rotatable bonds is 3. The fourth-order valence-corrected chi connectivity index (χ4v) is 2.52. The van der Waals surface area contributed by atoms with E-state index in [4.69, 9.17) is 5.73 Å². The molecule has 1 heterocycles. The number of halogens is 3. The van der Waals surface area contributed by atoms with Crippen molar-refractivity contribution in [3.63, 3.8) is 0 Å². The Labute approximate surface area is 114 Å². The van der Waals surface area contributed by atoms with E-state index in [1.165, 1.54) is 6.07 Å². The van der Waals surface area contributed by atoms with Gasteiger partial charge in [-0.25, -0.2) is 0 Å². The van der Waals surface area contributed by atoms with Gasteiger partial charge in [-0.05, 0) is 24.1 Å². The first kappa shape index (κ1) is 14.8. The molecule has 3 N–H and O–H groups in total. The Morgan fingerprint density at radius 3 is 2.75 bits per heavy atom. The molecule has 2 atom stereocenters. The van der Waals surface area contributed by atoms with Gasteiger partial charge in [-0.3, -0.25) is 9.69 Å². The number of nitrogens with zero attached hydrogens (tertiary/aromatic N) is 1. The minimum atomic E-state index is -4.41. The molecule has 110 valence electrons. The Kier molecular flexibility index (Phi) is 4.01. The molecule has 0 aromatic heterocycles. The van der Waals surface area contributed by atoms with Crippen molar-refractivity contribution in [3.05, 3.63) is 35.4 Å². The van der Waals surface area contributed by atoms with Crippen molar-refractivity contribution in [2.75, 3.05) is 13.1 Å². The lowest BCUT2D eigenvalue weighted by molar-refractivity contribution is -0.137. The third-order valence-electron chi connectivity index (χ3n) is 3.34. The summed E-state index contributed by atoms with van der Waals surface area (Å²) in [7, 11) is 0. The molecule has 0 unspecified atom stereocenters. The highest BCUT2D eigenvalue weighted by molar-refractivity contribution is 5.76. The van der Waals surface area contributed by atoms with Crippen LogP contribution in [0.3, 0.4) is 0 Å². The van der Waals surface area contributed by atoms with Gasteiger partial charge in [0.1, 0.15) is 0 Å². The molecule has 0 bridgehead atoms. The number of amides is 1. The summed E-state index contributed by atoms with van der Waals surface area (Å²) in [4.78, 5) is 12.6. The Balaban J connectivity index is 2.27. The molecule has 1 saturated heterocycles. The Bertz CT molecular complexity index is 505. The van der Waals surface area contributed by atoms with Gasteiger partial charge in [0.05, 0.1) is 18.2 Å². The normalized spacial score (nSPS) is 24.0. The maximum Gasteiger partial charge on any atom is 0.416 e. The molecule has 1 aromatic carbocycles. The molecule has 20 heavy (non-hydrogen) atoms. The van der Waals surface area contributed by atoms with Gasteiger partial charge in [0.25, 0.3) is 0 Å². The van der Waals surface area contributed by atoms with Gasteiger partial charge in [-0.1, -0.05) is 12.1 Å². The van der Waals surface area contributed by atoms with Crippen LogP contribution in [0.25, 0.3) is 0 Å². The molecule has 1 aliphatic heterocycles. The van der Waals surface area contributed by atoms with Crippen LogP contribution in [0, 0.1) is 0 Å². The lowest BCUT2D eigenvalue weighted by Crippen LogP contribution is -2.34. The Hall–Kier alpha value is -1.60. The summed E-state index contributed by atoms with van der Waals surface area (Å²) < 4.78 is 38.1. The van der Waals surface area contributed by atoms with E-state index in [-0.39, 0.29) is 19.5 Å². The average molecular weight is 288 g/mol. The highest BCUT2D eigenvalue weighted by Gasteiger charge is 2.35. The van der Waals surface area contributed by atoms with E-state index in [2.05, 4.69) is 0 Å². The Morgan fingerprint density at radius 2 is 2.15 bits per heavy atom. The van der Waals surface area contributed by atoms with Crippen LogP contribution in [0.5, 0.6) is 0 Å². The van der Waals surface area contributed by atoms with Gasteiger partial charge in [0.2, 0.25) is 5.91 Å². The van der Waals surface area contributed by atoms with Crippen molar-refractivity contribution in [2.45, 2.75) is 24.7 Å². The number of β-amino-alcohol motifs (C(OH)–C–C–N with tert-alkyl or cyclic N) is 1. The van der Waals surface area contributed by atoms with Gasteiger partial charge < -0.3 is 10.8 Å². The second-order valence-electron chi connectivity index (χ2n) is 4.92. The summed E-state index contributed by atoms with van der Waals surface area (Å²) in [6.45, 7) is 0.141. The van der Waals surface area contributed by atoms with E-state index in [0.29, 0.717) is 5.56 Å². The van der Waals surface area contributed by atoms with Crippen molar-refractivity contribution in [2.24, 2.45) is 5.73 Å². The summed E-state index contributed by atoms with van der Waals surface area (Å²) in [5.41, 5.74) is 4.80. The maximum atomic E-state index is 12.7. The molecule has 1 aliphatic rings. The number of hydrogen-bond donors (Lipinski definition) is 2. The van der Waals surface area contributed by atoms with Gasteiger partial charge in [-0.2, -0.15) is 13.2 Å². The van der Waals surface area contributed by atoms with Gasteiger partial charge in [0, 0.05) is 12.6 Å². The summed E-state index contributed by atoms with van der Waals surface area (Å²) in [6.07, 6.45) is -4.80. The van der Waals surface area contributed by atoms with E-state index < -0.39 is 29.8 Å². The number of aliphatic hydroxyl groups excluding tert-OH is 1. The summed E-state index contributed by atoms with van der Waals surface area (Å²) >= 11 is 0. The number of carbonyl (C=O) groups excluding carboxylic acids is 1. The van der Waals surface area contributed by atoms with Gasteiger partial charge in [-0.15, -0.1) is 0 Å². The first-order chi connectivity index (χ1) is 9.27. The van der Waals surface area contributed by atoms with Crippen LogP contribution in [0.4, 0.5) is 13.2 Å². The molecular formula is C13H15F3N2O2. The second-order valence-corrected chi connectivity index (χ2v) is 4.92. The van der Waals surface area contributed by atoms with Crippen LogP contribution in [0.2, 0.25) is 0 Å². The zero-order valence-electron chi connectivity index (χ0n) is 10.6. The first-order valence-electron chi connectivity index (χ1n) is 6.15. The number of benzene rings is 1. The molecule has 1 amide bonds. The predicted octanol–water partition coefficient (Wildman–Crippen LogP) is 1.30. The molecule has 0 saturated carbocycles. The van der Waals surface area contributed by atoms with E-state index in [9.17, 15) is 23.1 Å². The molecule has 4 nitrogen and oxygen atoms in total. The van der Waals surface area contributed by atoms with Crippen molar-refractivity contribution in [1.82, 2.24) is 4.90 Å². The monoisotopic (exact) mass is 288 g/mol. The summed E-state index contributed by atoms with van der Waals surface area (Å²) in [5.74, 6) is -0.573. The number of primary amides is 1.